The van der Waals surface area contributed by atoms with Gasteiger partial charge in [0.1, 0.15) is 0 Å². The second-order valence-electron chi connectivity index (χ2n) is 7.98. The number of hydrogen-bond donors (Lipinski definition) is 1. The summed E-state index contributed by atoms with van der Waals surface area (Å²) >= 11 is 0. The molecule has 0 radical (unpaired) electrons. The van der Waals surface area contributed by atoms with Crippen molar-refractivity contribution < 1.29 is 22.0 Å². The number of hydrogen-bond acceptors (Lipinski definition) is 3. The highest BCUT2D eigenvalue weighted by atomic mass is 32.2. The first-order chi connectivity index (χ1) is 15.6. The van der Waals surface area contributed by atoms with Gasteiger partial charge in [0.05, 0.1) is 11.4 Å². The van der Waals surface area contributed by atoms with Gasteiger partial charge in [0.15, 0.2) is 11.6 Å². The Hall–Kier alpha value is -3.10. The minimum atomic E-state index is -4.01. The molecule has 0 bridgehead atoms. The summed E-state index contributed by atoms with van der Waals surface area (Å²) < 4.78 is 55.1. The van der Waals surface area contributed by atoms with Crippen molar-refractivity contribution in [3.63, 3.8) is 0 Å². The molecule has 5 nitrogen and oxygen atoms in total. The SMILES string of the molecule is Cc1cc(C)c(S(=O)(=O)N(CCc2ccccc2)CC(=O)Nc2ccc(F)c(F)c2)c(C)c1. The zero-order valence-corrected chi connectivity index (χ0v) is 19.5. The molecule has 0 aliphatic rings. The Morgan fingerprint density at radius 1 is 0.909 bits per heavy atom. The maximum Gasteiger partial charge on any atom is 0.244 e. The number of carbonyl (C=O) groups is 1. The highest BCUT2D eigenvalue weighted by Crippen LogP contribution is 2.26. The number of benzene rings is 3. The van der Waals surface area contributed by atoms with Crippen LogP contribution in [0, 0.1) is 32.4 Å². The summed E-state index contributed by atoms with van der Waals surface area (Å²) in [6.07, 6.45) is 0.405. The Morgan fingerprint density at radius 3 is 2.15 bits per heavy atom. The first-order valence-electron chi connectivity index (χ1n) is 10.4. The lowest BCUT2D eigenvalue weighted by molar-refractivity contribution is -0.116. The highest BCUT2D eigenvalue weighted by Gasteiger charge is 2.29. The van der Waals surface area contributed by atoms with Crippen LogP contribution in [0.5, 0.6) is 0 Å². The fourth-order valence-corrected chi connectivity index (χ4v) is 5.63. The van der Waals surface area contributed by atoms with E-state index >= 15 is 0 Å². The summed E-state index contributed by atoms with van der Waals surface area (Å²) in [4.78, 5) is 12.9. The second-order valence-corrected chi connectivity index (χ2v) is 9.85. The molecule has 0 saturated carbocycles. The summed E-state index contributed by atoms with van der Waals surface area (Å²) in [7, 11) is -4.01. The number of anilines is 1. The molecule has 0 unspecified atom stereocenters. The predicted octanol–water partition coefficient (Wildman–Crippen LogP) is 4.76. The molecule has 0 atom stereocenters. The van der Waals surface area contributed by atoms with E-state index in [1.54, 1.807) is 26.0 Å². The van der Waals surface area contributed by atoms with Gasteiger partial charge in [0, 0.05) is 18.3 Å². The van der Waals surface area contributed by atoms with Crippen LogP contribution in [0.3, 0.4) is 0 Å². The Balaban J connectivity index is 1.90. The smallest absolute Gasteiger partial charge is 0.244 e. The van der Waals surface area contributed by atoms with Crippen LogP contribution in [0.25, 0.3) is 0 Å². The molecule has 0 spiro atoms. The fourth-order valence-electron chi connectivity index (χ4n) is 3.82. The van der Waals surface area contributed by atoms with E-state index in [9.17, 15) is 22.0 Å². The molecule has 0 aliphatic heterocycles. The van der Waals surface area contributed by atoms with Crippen LogP contribution in [0.2, 0.25) is 0 Å². The number of sulfonamides is 1. The summed E-state index contributed by atoms with van der Waals surface area (Å²) in [5, 5.41) is 2.45. The lowest BCUT2D eigenvalue weighted by atomic mass is 10.1. The predicted molar refractivity (Wildman–Crippen MR) is 125 cm³/mol. The Kier molecular flexibility index (Phi) is 7.61. The van der Waals surface area contributed by atoms with Gasteiger partial charge in [-0.1, -0.05) is 48.0 Å². The Bertz CT molecular complexity index is 1240. The normalized spacial score (nSPS) is 11.6. The average molecular weight is 473 g/mol. The monoisotopic (exact) mass is 472 g/mol. The number of carbonyl (C=O) groups excluding carboxylic acids is 1. The maximum absolute atomic E-state index is 13.6. The van der Waals surface area contributed by atoms with Crippen LogP contribution < -0.4 is 5.32 Å². The molecule has 3 rings (SSSR count). The van der Waals surface area contributed by atoms with Gasteiger partial charge in [-0.3, -0.25) is 4.79 Å². The van der Waals surface area contributed by atoms with Crippen molar-refractivity contribution in [3.05, 3.63) is 94.6 Å². The standard InChI is InChI=1S/C25H26F2N2O3S/c1-17-13-18(2)25(19(3)14-17)33(31,32)29(12-11-20-7-5-4-6-8-20)16-24(30)28-21-9-10-22(26)23(27)15-21/h4-10,13-15H,11-12,16H2,1-3H3,(H,28,30). The van der Waals surface area contributed by atoms with E-state index < -0.39 is 34.1 Å². The third kappa shape index (κ3) is 6.03. The van der Waals surface area contributed by atoms with Crippen molar-refractivity contribution in [3.8, 4) is 0 Å². The second kappa shape index (κ2) is 10.2. The fraction of sp³-hybridized carbons (Fsp3) is 0.240. The van der Waals surface area contributed by atoms with Crippen molar-refractivity contribution in [2.45, 2.75) is 32.1 Å². The molecule has 33 heavy (non-hydrogen) atoms. The number of nitrogens with zero attached hydrogens (tertiary/aromatic N) is 1. The maximum atomic E-state index is 13.6. The van der Waals surface area contributed by atoms with E-state index in [0.717, 1.165) is 27.6 Å². The largest absolute Gasteiger partial charge is 0.325 e. The molecule has 0 aromatic heterocycles. The van der Waals surface area contributed by atoms with Crippen LogP contribution in [-0.4, -0.2) is 31.7 Å². The van der Waals surface area contributed by atoms with E-state index in [1.807, 2.05) is 37.3 Å². The van der Waals surface area contributed by atoms with Crippen LogP contribution in [0.4, 0.5) is 14.5 Å². The van der Waals surface area contributed by atoms with E-state index in [4.69, 9.17) is 0 Å². The topological polar surface area (TPSA) is 66.5 Å². The van der Waals surface area contributed by atoms with E-state index in [-0.39, 0.29) is 17.1 Å². The molecule has 8 heteroatoms. The Labute approximate surface area is 193 Å². The lowest BCUT2D eigenvalue weighted by Gasteiger charge is -2.24. The quantitative estimate of drug-likeness (QED) is 0.514. The summed E-state index contributed by atoms with van der Waals surface area (Å²) in [5.74, 6) is -2.79. The summed E-state index contributed by atoms with van der Waals surface area (Å²) in [6.45, 7) is 4.94. The average Bonchev–Trinajstić information content (AvgIpc) is 2.73. The van der Waals surface area contributed by atoms with E-state index in [1.165, 1.54) is 6.07 Å². The van der Waals surface area contributed by atoms with Crippen LogP contribution in [0.15, 0.2) is 65.6 Å². The molecule has 1 amide bonds. The number of aryl methyl sites for hydroxylation is 3. The van der Waals surface area contributed by atoms with Crippen LogP contribution >= 0.6 is 0 Å². The molecule has 0 heterocycles. The third-order valence-electron chi connectivity index (χ3n) is 5.22. The van der Waals surface area contributed by atoms with Crippen LogP contribution in [0.1, 0.15) is 22.3 Å². The third-order valence-corrected chi connectivity index (χ3v) is 7.37. The molecule has 0 saturated heterocycles. The Morgan fingerprint density at radius 2 is 1.55 bits per heavy atom. The minimum Gasteiger partial charge on any atom is -0.325 e. The van der Waals surface area contributed by atoms with Gasteiger partial charge in [-0.2, -0.15) is 4.31 Å². The van der Waals surface area contributed by atoms with Crippen molar-refractivity contribution in [1.29, 1.82) is 0 Å². The van der Waals surface area contributed by atoms with Gasteiger partial charge in [-0.05, 0) is 56.0 Å². The van der Waals surface area contributed by atoms with Crippen molar-refractivity contribution in [2.75, 3.05) is 18.4 Å². The van der Waals surface area contributed by atoms with Gasteiger partial charge in [0.2, 0.25) is 15.9 Å². The number of halogens is 2. The van der Waals surface area contributed by atoms with Gasteiger partial charge in [0.25, 0.3) is 0 Å². The van der Waals surface area contributed by atoms with E-state index in [2.05, 4.69) is 5.32 Å². The van der Waals surface area contributed by atoms with Crippen molar-refractivity contribution in [2.24, 2.45) is 0 Å². The summed E-state index contributed by atoms with van der Waals surface area (Å²) in [6, 6.07) is 15.9. The minimum absolute atomic E-state index is 0.0435. The summed E-state index contributed by atoms with van der Waals surface area (Å²) in [5.41, 5.74) is 3.10. The molecule has 0 aliphatic carbocycles. The van der Waals surface area contributed by atoms with Gasteiger partial charge in [-0.25, -0.2) is 17.2 Å². The van der Waals surface area contributed by atoms with Gasteiger partial charge in [-0.15, -0.1) is 0 Å². The molecule has 174 valence electrons. The number of rotatable bonds is 8. The molecular weight excluding hydrogens is 446 g/mol. The van der Waals surface area contributed by atoms with Crippen molar-refractivity contribution >= 4 is 21.6 Å². The zero-order chi connectivity index (χ0) is 24.2. The number of amides is 1. The highest BCUT2D eigenvalue weighted by molar-refractivity contribution is 7.89. The first-order valence-corrected chi connectivity index (χ1v) is 11.9. The lowest BCUT2D eigenvalue weighted by Crippen LogP contribution is -2.39. The molecule has 0 fully saturated rings. The van der Waals surface area contributed by atoms with Gasteiger partial charge < -0.3 is 5.32 Å². The van der Waals surface area contributed by atoms with Gasteiger partial charge >= 0.3 is 0 Å². The van der Waals surface area contributed by atoms with Crippen molar-refractivity contribution in [1.82, 2.24) is 4.31 Å². The zero-order valence-electron chi connectivity index (χ0n) is 18.7. The van der Waals surface area contributed by atoms with E-state index in [0.29, 0.717) is 17.5 Å². The molecule has 3 aromatic carbocycles. The number of nitrogens with one attached hydrogen (secondary N) is 1. The first kappa shape index (κ1) is 24.5. The van der Waals surface area contributed by atoms with Crippen LogP contribution in [-0.2, 0) is 21.2 Å². The molecular formula is C25H26F2N2O3S. The molecule has 3 aromatic rings. The molecule has 1 N–H and O–H groups in total.